The van der Waals surface area contributed by atoms with Crippen molar-refractivity contribution in [2.24, 2.45) is 0 Å². The van der Waals surface area contributed by atoms with E-state index in [-0.39, 0.29) is 47.7 Å². The first-order valence-corrected chi connectivity index (χ1v) is 11.1. The molecule has 1 heterocycles. The van der Waals surface area contributed by atoms with Gasteiger partial charge in [0, 0.05) is 6.42 Å². The molecular formula is C18H20B4O8S. The van der Waals surface area contributed by atoms with Crippen LogP contribution in [0.5, 0.6) is 0 Å². The van der Waals surface area contributed by atoms with Gasteiger partial charge in [0.05, 0.1) is 41.3 Å². The van der Waals surface area contributed by atoms with Crippen LogP contribution < -0.4 is 5.46 Å². The molecule has 1 unspecified atom stereocenters. The maximum absolute atomic E-state index is 12.9. The molecule has 31 heavy (non-hydrogen) atoms. The van der Waals surface area contributed by atoms with Gasteiger partial charge >= 0.3 is 11.9 Å². The highest BCUT2D eigenvalue weighted by Gasteiger charge is 2.36. The summed E-state index contributed by atoms with van der Waals surface area (Å²) in [4.78, 5) is 25.7. The molecule has 0 bridgehead atoms. The van der Waals surface area contributed by atoms with Crippen molar-refractivity contribution in [3.63, 3.8) is 0 Å². The number of rotatable bonds is 10. The van der Waals surface area contributed by atoms with Gasteiger partial charge in [-0.3, -0.25) is 4.55 Å². The average molecular weight is 440 g/mol. The molecule has 1 aromatic rings. The highest BCUT2D eigenvalue weighted by Crippen LogP contribution is 2.28. The number of carbonyl (C=O) groups excluding carboxylic acids is 2. The Kier molecular flexibility index (Phi) is 8.47. The molecule has 8 radical (unpaired) electrons. The van der Waals surface area contributed by atoms with Crippen molar-refractivity contribution >= 4 is 58.9 Å². The first-order chi connectivity index (χ1) is 14.5. The molecule has 158 valence electrons. The third-order valence-corrected chi connectivity index (χ3v) is 5.74. The Morgan fingerprint density at radius 3 is 2.03 bits per heavy atom. The van der Waals surface area contributed by atoms with E-state index in [9.17, 15) is 18.0 Å². The summed E-state index contributed by atoms with van der Waals surface area (Å²) in [5.74, 6) is -2.80. The Morgan fingerprint density at radius 2 is 1.58 bits per heavy atom. The molecule has 0 aromatic heterocycles. The molecule has 1 N–H and O–H groups in total. The van der Waals surface area contributed by atoms with Gasteiger partial charge in [-0.15, -0.1) is 0 Å². The van der Waals surface area contributed by atoms with Gasteiger partial charge < -0.3 is 14.2 Å². The summed E-state index contributed by atoms with van der Waals surface area (Å²) in [6.07, 6.45) is 0.332. The molecule has 1 aliphatic rings. The molecule has 2 rings (SSSR count). The second-order valence-corrected chi connectivity index (χ2v) is 8.83. The van der Waals surface area contributed by atoms with Crippen molar-refractivity contribution in [1.82, 2.24) is 0 Å². The largest absolute Gasteiger partial charge is 0.461 e. The van der Waals surface area contributed by atoms with Crippen molar-refractivity contribution in [2.75, 3.05) is 25.6 Å². The second kappa shape index (κ2) is 10.3. The van der Waals surface area contributed by atoms with Crippen LogP contribution in [0.15, 0.2) is 0 Å². The van der Waals surface area contributed by atoms with E-state index in [4.69, 9.17) is 50.1 Å². The van der Waals surface area contributed by atoms with Gasteiger partial charge in [0.1, 0.15) is 32.4 Å². The van der Waals surface area contributed by atoms with Gasteiger partial charge in [-0.2, -0.15) is 8.42 Å². The Morgan fingerprint density at radius 1 is 1.03 bits per heavy atom. The maximum atomic E-state index is 12.9. The Balaban J connectivity index is 2.51. The Bertz CT molecular complexity index is 960. The smallest absolute Gasteiger partial charge is 0.339 e. The minimum absolute atomic E-state index is 0.0723. The molecule has 13 heteroatoms. The number of carbonyl (C=O) groups is 2. The first kappa shape index (κ1) is 25.5. The van der Waals surface area contributed by atoms with E-state index in [1.54, 1.807) is 6.92 Å². The minimum Gasteiger partial charge on any atom is -0.461 e. The molecule has 8 nitrogen and oxygen atoms in total. The van der Waals surface area contributed by atoms with Crippen LogP contribution in [0.25, 0.3) is 0 Å². The standard InChI is InChI=1S/C18H20B4O8S/c1-18(2-3-30-18)9-29-17(24)14-13(16(23)28-4-5-31(25,26)27)11(7-20)10(6-19)12(8-21)15(14)22/h2-9H2,1H3,(H,25,26,27). The number of hydrogen-bond donors (Lipinski definition) is 1. The van der Waals surface area contributed by atoms with E-state index in [2.05, 4.69) is 0 Å². The van der Waals surface area contributed by atoms with Gasteiger partial charge in [-0.1, -0.05) is 35.6 Å². The fourth-order valence-corrected chi connectivity index (χ4v) is 3.53. The molecule has 1 saturated heterocycles. The molecule has 1 atom stereocenters. The predicted octanol–water partition coefficient (Wildman–Crippen LogP) is -1.13. The van der Waals surface area contributed by atoms with E-state index in [0.717, 1.165) is 0 Å². The molecule has 0 amide bonds. The summed E-state index contributed by atoms with van der Waals surface area (Å²) in [7, 11) is 19.2. The first-order valence-electron chi connectivity index (χ1n) is 9.47. The molecule has 1 aromatic carbocycles. The molecule has 1 fully saturated rings. The number of benzene rings is 1. The Labute approximate surface area is 187 Å². The predicted molar refractivity (Wildman–Crippen MR) is 116 cm³/mol. The molecule has 0 aliphatic carbocycles. The summed E-state index contributed by atoms with van der Waals surface area (Å²) in [6, 6.07) is 0. The van der Waals surface area contributed by atoms with Crippen LogP contribution in [-0.4, -0.2) is 87.5 Å². The minimum atomic E-state index is -4.37. The lowest BCUT2D eigenvalue weighted by atomic mass is 9.70. The van der Waals surface area contributed by atoms with Gasteiger partial charge in [-0.05, 0) is 12.5 Å². The van der Waals surface area contributed by atoms with Crippen molar-refractivity contribution in [3.05, 3.63) is 27.8 Å². The quantitative estimate of drug-likeness (QED) is 0.276. The molecule has 0 saturated carbocycles. The summed E-state index contributed by atoms with van der Waals surface area (Å²) in [5.41, 5.74) is -0.398. The van der Waals surface area contributed by atoms with Gasteiger partial charge in [0.15, 0.2) is 0 Å². The molecule has 0 spiro atoms. The van der Waals surface area contributed by atoms with Crippen LogP contribution in [0, 0.1) is 0 Å². The van der Waals surface area contributed by atoms with Crippen LogP contribution in [0.1, 0.15) is 50.8 Å². The van der Waals surface area contributed by atoms with E-state index in [1.807, 2.05) is 0 Å². The van der Waals surface area contributed by atoms with Crippen molar-refractivity contribution in [2.45, 2.75) is 37.9 Å². The van der Waals surface area contributed by atoms with E-state index < -0.39 is 40.0 Å². The summed E-state index contributed by atoms with van der Waals surface area (Å²) in [5, 5.41) is 0. The van der Waals surface area contributed by atoms with Gasteiger partial charge in [0.25, 0.3) is 10.1 Å². The van der Waals surface area contributed by atoms with Crippen LogP contribution in [0.4, 0.5) is 0 Å². The highest BCUT2D eigenvalue weighted by molar-refractivity contribution is 7.85. The van der Waals surface area contributed by atoms with Crippen molar-refractivity contribution < 1.29 is 36.8 Å². The zero-order valence-corrected chi connectivity index (χ0v) is 18.0. The third kappa shape index (κ3) is 5.96. The average Bonchev–Trinajstić information content (AvgIpc) is 2.68. The summed E-state index contributed by atoms with van der Waals surface area (Å²) >= 11 is 0. The van der Waals surface area contributed by atoms with Crippen LogP contribution in [0.2, 0.25) is 0 Å². The van der Waals surface area contributed by atoms with E-state index in [0.29, 0.717) is 24.2 Å². The fourth-order valence-electron chi connectivity index (χ4n) is 3.24. The van der Waals surface area contributed by atoms with E-state index in [1.165, 1.54) is 0 Å². The lowest BCUT2D eigenvalue weighted by Gasteiger charge is -2.37. The highest BCUT2D eigenvalue weighted by atomic mass is 32.2. The van der Waals surface area contributed by atoms with Crippen LogP contribution in [-0.2, 0) is 43.3 Å². The second-order valence-electron chi connectivity index (χ2n) is 7.26. The fraction of sp³-hybridized carbons (Fsp3) is 0.556. The topological polar surface area (TPSA) is 116 Å². The number of hydrogen-bond acceptors (Lipinski definition) is 7. The van der Waals surface area contributed by atoms with Crippen molar-refractivity contribution in [1.29, 1.82) is 0 Å². The summed E-state index contributed by atoms with van der Waals surface area (Å²) in [6.45, 7) is 1.59. The SMILES string of the molecule is [B]Cc1c([B])c(C(=O)OCC2(C)CCO2)c(C(=O)OCCS(=O)(=O)O)c(C[B])c1C[B]. The lowest BCUT2D eigenvalue weighted by Crippen LogP contribution is -2.45. The van der Waals surface area contributed by atoms with Crippen LogP contribution in [0.3, 0.4) is 0 Å². The summed E-state index contributed by atoms with van der Waals surface area (Å²) < 4.78 is 46.3. The van der Waals surface area contributed by atoms with Gasteiger partial charge in [-0.25, -0.2) is 9.59 Å². The third-order valence-electron chi connectivity index (χ3n) is 5.06. The van der Waals surface area contributed by atoms with E-state index >= 15 is 0 Å². The van der Waals surface area contributed by atoms with Crippen molar-refractivity contribution in [3.8, 4) is 0 Å². The zero-order chi connectivity index (χ0) is 23.4. The van der Waals surface area contributed by atoms with Gasteiger partial charge in [0.2, 0.25) is 0 Å². The number of ether oxygens (including phenoxy) is 3. The van der Waals surface area contributed by atoms with Crippen LogP contribution >= 0.6 is 0 Å². The monoisotopic (exact) mass is 440 g/mol. The molecular weight excluding hydrogens is 420 g/mol. The maximum Gasteiger partial charge on any atom is 0.339 e. The lowest BCUT2D eigenvalue weighted by molar-refractivity contribution is -0.158. The Hall–Kier alpha value is -1.71. The zero-order valence-electron chi connectivity index (χ0n) is 17.2. The number of esters is 2. The molecule has 1 aliphatic heterocycles. The normalized spacial score (nSPS) is 18.3.